The first-order chi connectivity index (χ1) is 11.3. The highest BCUT2D eigenvalue weighted by Gasteiger charge is 2.28. The van der Waals surface area contributed by atoms with Gasteiger partial charge in [-0.1, -0.05) is 30.3 Å². The molecule has 1 aromatic heterocycles. The number of rotatable bonds is 2. The van der Waals surface area contributed by atoms with E-state index in [2.05, 4.69) is 40.6 Å². The largest absolute Gasteiger partial charge is 0.339 e. The fourth-order valence-electron chi connectivity index (χ4n) is 3.97. The Morgan fingerprint density at radius 2 is 1.87 bits per heavy atom. The van der Waals surface area contributed by atoms with E-state index in [0.717, 1.165) is 50.8 Å². The number of benzene rings is 1. The SMILES string of the molecule is O=C(c1csc2c1CC[C@H](c1ccccc1)C2)N1CCCCC1. The van der Waals surface area contributed by atoms with Gasteiger partial charge in [-0.15, -0.1) is 11.3 Å². The average molecular weight is 325 g/mol. The van der Waals surface area contributed by atoms with Crippen LogP contribution in [0.4, 0.5) is 0 Å². The van der Waals surface area contributed by atoms with Crippen LogP contribution in [-0.2, 0) is 12.8 Å². The van der Waals surface area contributed by atoms with Crippen molar-refractivity contribution in [3.63, 3.8) is 0 Å². The molecular formula is C20H23NOS. The first-order valence-corrected chi connectivity index (χ1v) is 9.64. The molecule has 0 radical (unpaired) electrons. The maximum atomic E-state index is 12.8. The van der Waals surface area contributed by atoms with Crippen LogP contribution >= 0.6 is 11.3 Å². The molecular weight excluding hydrogens is 302 g/mol. The zero-order chi connectivity index (χ0) is 15.6. The molecule has 1 aromatic carbocycles. The number of piperidine rings is 1. The molecule has 0 saturated carbocycles. The number of fused-ring (bicyclic) bond motifs is 1. The second-order valence-electron chi connectivity index (χ2n) is 6.75. The van der Waals surface area contributed by atoms with E-state index in [-0.39, 0.29) is 5.91 Å². The van der Waals surface area contributed by atoms with Gasteiger partial charge in [-0.3, -0.25) is 4.79 Å². The van der Waals surface area contributed by atoms with Crippen LogP contribution in [0.25, 0.3) is 0 Å². The molecule has 1 fully saturated rings. The van der Waals surface area contributed by atoms with Gasteiger partial charge in [-0.25, -0.2) is 0 Å². The molecule has 0 unspecified atom stereocenters. The molecule has 0 N–H and O–H groups in total. The number of carbonyl (C=O) groups excluding carboxylic acids is 1. The van der Waals surface area contributed by atoms with Gasteiger partial charge in [0.2, 0.25) is 0 Å². The minimum absolute atomic E-state index is 0.278. The molecule has 1 aliphatic carbocycles. The number of thiophene rings is 1. The minimum atomic E-state index is 0.278. The normalized spacial score (nSPS) is 21.0. The number of hydrogen-bond acceptors (Lipinski definition) is 2. The van der Waals surface area contributed by atoms with Crippen molar-refractivity contribution in [2.24, 2.45) is 0 Å². The van der Waals surface area contributed by atoms with Crippen LogP contribution in [0.15, 0.2) is 35.7 Å². The smallest absolute Gasteiger partial charge is 0.254 e. The maximum absolute atomic E-state index is 12.8. The Morgan fingerprint density at radius 3 is 2.65 bits per heavy atom. The highest BCUT2D eigenvalue weighted by Crippen LogP contribution is 2.38. The number of likely N-dealkylation sites (tertiary alicyclic amines) is 1. The summed E-state index contributed by atoms with van der Waals surface area (Å²) in [6.45, 7) is 1.88. The lowest BCUT2D eigenvalue weighted by atomic mass is 9.83. The van der Waals surface area contributed by atoms with Gasteiger partial charge in [0.1, 0.15) is 0 Å². The van der Waals surface area contributed by atoms with Gasteiger partial charge in [-0.2, -0.15) is 0 Å². The third-order valence-electron chi connectivity index (χ3n) is 5.30. The van der Waals surface area contributed by atoms with Crippen LogP contribution in [0.1, 0.15) is 58.0 Å². The predicted molar refractivity (Wildman–Crippen MR) is 95.3 cm³/mol. The van der Waals surface area contributed by atoms with Crippen molar-refractivity contribution in [3.05, 3.63) is 57.3 Å². The van der Waals surface area contributed by atoms with E-state index in [0.29, 0.717) is 5.92 Å². The highest BCUT2D eigenvalue weighted by molar-refractivity contribution is 7.10. The Hall–Kier alpha value is -1.61. The summed E-state index contributed by atoms with van der Waals surface area (Å²) in [6.07, 6.45) is 6.89. The van der Waals surface area contributed by atoms with Gasteiger partial charge < -0.3 is 4.90 Å². The van der Waals surface area contributed by atoms with Crippen molar-refractivity contribution in [1.82, 2.24) is 4.90 Å². The lowest BCUT2D eigenvalue weighted by molar-refractivity contribution is 0.0723. The van der Waals surface area contributed by atoms with Crippen LogP contribution in [-0.4, -0.2) is 23.9 Å². The van der Waals surface area contributed by atoms with E-state index in [1.165, 1.54) is 22.4 Å². The topological polar surface area (TPSA) is 20.3 Å². The van der Waals surface area contributed by atoms with E-state index < -0.39 is 0 Å². The van der Waals surface area contributed by atoms with E-state index in [1.54, 1.807) is 11.3 Å². The summed E-state index contributed by atoms with van der Waals surface area (Å²) in [5.74, 6) is 0.889. The Bertz CT molecular complexity index is 685. The van der Waals surface area contributed by atoms with Gasteiger partial charge in [0.15, 0.2) is 0 Å². The van der Waals surface area contributed by atoms with Crippen LogP contribution < -0.4 is 0 Å². The van der Waals surface area contributed by atoms with Gasteiger partial charge >= 0.3 is 0 Å². The summed E-state index contributed by atoms with van der Waals surface area (Å²) in [4.78, 5) is 16.3. The molecule has 2 nitrogen and oxygen atoms in total. The zero-order valence-corrected chi connectivity index (χ0v) is 14.3. The molecule has 0 bridgehead atoms. The summed E-state index contributed by atoms with van der Waals surface area (Å²) < 4.78 is 0. The fourth-order valence-corrected chi connectivity index (χ4v) is 5.12. The second-order valence-corrected chi connectivity index (χ2v) is 7.72. The van der Waals surface area contributed by atoms with Crippen molar-refractivity contribution in [1.29, 1.82) is 0 Å². The van der Waals surface area contributed by atoms with Crippen molar-refractivity contribution in [2.75, 3.05) is 13.1 Å². The number of nitrogens with zero attached hydrogens (tertiary/aromatic N) is 1. The van der Waals surface area contributed by atoms with E-state index in [9.17, 15) is 4.79 Å². The van der Waals surface area contributed by atoms with Crippen LogP contribution in [0.2, 0.25) is 0 Å². The molecule has 120 valence electrons. The number of carbonyl (C=O) groups is 1. The minimum Gasteiger partial charge on any atom is -0.339 e. The average Bonchev–Trinajstić information content (AvgIpc) is 3.05. The Kier molecular flexibility index (Phi) is 4.21. The zero-order valence-electron chi connectivity index (χ0n) is 13.5. The van der Waals surface area contributed by atoms with E-state index in [1.807, 2.05) is 0 Å². The molecule has 1 aliphatic heterocycles. The molecule has 2 aromatic rings. The molecule has 1 atom stereocenters. The molecule has 23 heavy (non-hydrogen) atoms. The standard InChI is InChI=1S/C20H23NOS/c22-20(21-11-5-2-6-12-21)18-14-23-19-13-16(9-10-17(18)19)15-7-3-1-4-8-15/h1,3-4,7-8,14,16H,2,5-6,9-13H2/t16-/m0/s1. The van der Waals surface area contributed by atoms with Crippen LogP contribution in [0.5, 0.6) is 0 Å². The third-order valence-corrected chi connectivity index (χ3v) is 6.35. The monoisotopic (exact) mass is 325 g/mol. The van der Waals surface area contributed by atoms with Crippen molar-refractivity contribution in [2.45, 2.75) is 44.4 Å². The Morgan fingerprint density at radius 1 is 1.09 bits per heavy atom. The Labute approximate surface area is 142 Å². The summed E-state index contributed by atoms with van der Waals surface area (Å²) in [5, 5.41) is 2.12. The molecule has 2 aliphatic rings. The van der Waals surface area contributed by atoms with Gasteiger partial charge in [0, 0.05) is 23.3 Å². The fraction of sp³-hybridized carbons (Fsp3) is 0.450. The predicted octanol–water partition coefficient (Wildman–Crippen LogP) is 4.65. The third kappa shape index (κ3) is 2.94. The summed E-state index contributed by atoms with van der Waals surface area (Å²) in [5.41, 5.74) is 3.78. The van der Waals surface area contributed by atoms with Crippen molar-refractivity contribution < 1.29 is 4.79 Å². The van der Waals surface area contributed by atoms with Gasteiger partial charge in [0.25, 0.3) is 5.91 Å². The lowest BCUT2D eigenvalue weighted by Gasteiger charge is -2.28. The summed E-state index contributed by atoms with van der Waals surface area (Å²) in [7, 11) is 0. The van der Waals surface area contributed by atoms with Crippen LogP contribution in [0.3, 0.4) is 0 Å². The van der Waals surface area contributed by atoms with Gasteiger partial charge in [0.05, 0.1) is 5.56 Å². The van der Waals surface area contributed by atoms with E-state index >= 15 is 0 Å². The maximum Gasteiger partial charge on any atom is 0.254 e. The van der Waals surface area contributed by atoms with Gasteiger partial charge in [-0.05, 0) is 55.6 Å². The highest BCUT2D eigenvalue weighted by atomic mass is 32.1. The molecule has 0 spiro atoms. The molecule has 3 heteroatoms. The van der Waals surface area contributed by atoms with Crippen molar-refractivity contribution >= 4 is 17.2 Å². The molecule has 1 saturated heterocycles. The quantitative estimate of drug-likeness (QED) is 0.787. The first-order valence-electron chi connectivity index (χ1n) is 8.76. The Balaban J connectivity index is 1.54. The first kappa shape index (κ1) is 14.9. The number of amides is 1. The summed E-state index contributed by atoms with van der Waals surface area (Å²) in [6, 6.07) is 10.8. The van der Waals surface area contributed by atoms with E-state index in [4.69, 9.17) is 0 Å². The number of hydrogen-bond donors (Lipinski definition) is 0. The van der Waals surface area contributed by atoms with Crippen LogP contribution in [0, 0.1) is 0 Å². The summed E-state index contributed by atoms with van der Waals surface area (Å²) >= 11 is 1.80. The van der Waals surface area contributed by atoms with Crippen molar-refractivity contribution in [3.8, 4) is 0 Å². The lowest BCUT2D eigenvalue weighted by Crippen LogP contribution is -2.36. The molecule has 1 amide bonds. The molecule has 2 heterocycles. The molecule has 4 rings (SSSR count). The second kappa shape index (κ2) is 6.48.